The van der Waals surface area contributed by atoms with Gasteiger partial charge in [0.05, 0.1) is 0 Å². The molecule has 1 rings (SSSR count). The summed E-state index contributed by atoms with van der Waals surface area (Å²) in [5.41, 5.74) is 0.310. The molecule has 66 valence electrons. The fraction of sp³-hybridized carbons (Fsp3) is 1.00. The zero-order chi connectivity index (χ0) is 8.48. The molecule has 0 radical (unpaired) electrons. The minimum Gasteiger partial charge on any atom is -0.300 e. The molecular weight excluding hydrogens is 141 g/mol. The van der Waals surface area contributed by atoms with Crippen molar-refractivity contribution in [3.05, 3.63) is 0 Å². The highest BCUT2D eigenvalue weighted by molar-refractivity contribution is 4.78. The number of alkyl halides is 1. The van der Waals surface area contributed by atoms with E-state index in [1.165, 1.54) is 0 Å². The van der Waals surface area contributed by atoms with E-state index in [1.54, 1.807) is 0 Å². The van der Waals surface area contributed by atoms with E-state index in [1.807, 2.05) is 0 Å². The molecule has 0 saturated carbocycles. The first-order valence-corrected chi connectivity index (χ1v) is 4.34. The Hall–Kier alpha value is -0.110. The Balaban J connectivity index is 2.29. The van der Waals surface area contributed by atoms with Crippen LogP contribution in [0.2, 0.25) is 0 Å². The normalized spacial score (nSPS) is 27.8. The number of likely N-dealkylation sites (tertiary alicyclic amines) is 1. The van der Waals surface area contributed by atoms with Gasteiger partial charge in [-0.3, -0.25) is 4.90 Å². The first kappa shape index (κ1) is 8.98. The summed E-state index contributed by atoms with van der Waals surface area (Å²) in [5, 5.41) is 0. The average Bonchev–Trinajstić information content (AvgIpc) is 2.10. The second kappa shape index (κ2) is 3.10. The van der Waals surface area contributed by atoms with Crippen LogP contribution in [0.1, 0.15) is 27.2 Å². The van der Waals surface area contributed by atoms with Gasteiger partial charge in [0.2, 0.25) is 0 Å². The van der Waals surface area contributed by atoms with Crippen molar-refractivity contribution in [2.75, 3.05) is 19.6 Å². The molecule has 1 saturated heterocycles. The van der Waals surface area contributed by atoms with Gasteiger partial charge >= 0.3 is 0 Å². The molecule has 0 bridgehead atoms. The summed E-state index contributed by atoms with van der Waals surface area (Å²) in [6.07, 6.45) is 0.160. The number of halogens is 1. The highest BCUT2D eigenvalue weighted by Crippen LogP contribution is 2.20. The maximum atomic E-state index is 12.7. The maximum Gasteiger partial charge on any atom is 0.114 e. The van der Waals surface area contributed by atoms with Crippen LogP contribution in [0, 0.1) is 5.41 Å². The Kier molecular flexibility index (Phi) is 2.53. The summed E-state index contributed by atoms with van der Waals surface area (Å²) >= 11 is 0. The molecule has 0 aromatic rings. The molecule has 0 unspecified atom stereocenters. The van der Waals surface area contributed by atoms with Gasteiger partial charge in [0.25, 0.3) is 0 Å². The molecule has 1 nitrogen and oxygen atoms in total. The van der Waals surface area contributed by atoms with Crippen LogP contribution in [0.15, 0.2) is 0 Å². The third-order valence-corrected chi connectivity index (χ3v) is 1.91. The molecule has 0 aromatic carbocycles. The lowest BCUT2D eigenvalue weighted by Gasteiger charge is -2.25. The van der Waals surface area contributed by atoms with Gasteiger partial charge in [-0.1, -0.05) is 20.8 Å². The molecule has 0 spiro atoms. The monoisotopic (exact) mass is 159 g/mol. The Morgan fingerprint density at radius 2 is 2.09 bits per heavy atom. The first-order valence-electron chi connectivity index (χ1n) is 4.34. The van der Waals surface area contributed by atoms with Crippen molar-refractivity contribution in [2.45, 2.75) is 33.4 Å². The SMILES string of the molecule is CC(C)(C)CN1CC[C@H](F)C1. The molecule has 2 heteroatoms. The standard InChI is InChI=1S/C9H18FN/c1-9(2,3)7-11-5-4-8(10)6-11/h8H,4-7H2,1-3H3/t8-/m0/s1. The zero-order valence-electron chi connectivity index (χ0n) is 7.73. The van der Waals surface area contributed by atoms with Crippen LogP contribution in [0.25, 0.3) is 0 Å². The predicted octanol–water partition coefficient (Wildman–Crippen LogP) is 2.08. The second-order valence-electron chi connectivity index (χ2n) is 4.68. The van der Waals surface area contributed by atoms with Crippen LogP contribution in [0.5, 0.6) is 0 Å². The summed E-state index contributed by atoms with van der Waals surface area (Å²) in [5.74, 6) is 0. The summed E-state index contributed by atoms with van der Waals surface area (Å²) in [7, 11) is 0. The van der Waals surface area contributed by atoms with Crippen LogP contribution in [-0.2, 0) is 0 Å². The smallest absolute Gasteiger partial charge is 0.114 e. The molecule has 0 aliphatic carbocycles. The first-order chi connectivity index (χ1) is 4.97. The van der Waals surface area contributed by atoms with E-state index >= 15 is 0 Å². The minimum absolute atomic E-state index is 0.310. The van der Waals surface area contributed by atoms with Gasteiger partial charge < -0.3 is 0 Å². The van der Waals surface area contributed by atoms with E-state index in [0.717, 1.165) is 19.5 Å². The Bertz CT molecular complexity index is 128. The number of hydrogen-bond donors (Lipinski definition) is 0. The molecule has 0 N–H and O–H groups in total. The van der Waals surface area contributed by atoms with Gasteiger partial charge in [-0.05, 0) is 11.8 Å². The molecule has 1 aliphatic rings. The number of rotatable bonds is 1. The van der Waals surface area contributed by atoms with Crippen LogP contribution in [0.3, 0.4) is 0 Å². The molecule has 0 aromatic heterocycles. The molecular formula is C9H18FN. The Labute approximate surface area is 68.6 Å². The van der Waals surface area contributed by atoms with Gasteiger partial charge in [0.1, 0.15) is 6.17 Å². The van der Waals surface area contributed by atoms with Gasteiger partial charge in [0, 0.05) is 19.6 Å². The second-order valence-corrected chi connectivity index (χ2v) is 4.68. The van der Waals surface area contributed by atoms with Crippen LogP contribution < -0.4 is 0 Å². The third kappa shape index (κ3) is 3.19. The largest absolute Gasteiger partial charge is 0.300 e. The Morgan fingerprint density at radius 3 is 2.45 bits per heavy atom. The quantitative estimate of drug-likeness (QED) is 0.566. The van der Waals surface area contributed by atoms with Crippen LogP contribution in [-0.4, -0.2) is 30.7 Å². The van der Waals surface area contributed by atoms with Gasteiger partial charge in [-0.2, -0.15) is 0 Å². The lowest BCUT2D eigenvalue weighted by atomic mass is 9.96. The minimum atomic E-state index is -0.572. The maximum absolute atomic E-state index is 12.7. The van der Waals surface area contributed by atoms with Crippen molar-refractivity contribution in [1.29, 1.82) is 0 Å². The van der Waals surface area contributed by atoms with Gasteiger partial charge in [0.15, 0.2) is 0 Å². The fourth-order valence-electron chi connectivity index (χ4n) is 1.60. The summed E-state index contributed by atoms with van der Waals surface area (Å²) in [6, 6.07) is 0. The Morgan fingerprint density at radius 1 is 1.45 bits per heavy atom. The van der Waals surface area contributed by atoms with Crippen molar-refractivity contribution in [3.63, 3.8) is 0 Å². The van der Waals surface area contributed by atoms with Crippen LogP contribution in [0.4, 0.5) is 4.39 Å². The molecule has 1 atom stereocenters. The molecule has 0 amide bonds. The van der Waals surface area contributed by atoms with E-state index in [9.17, 15) is 4.39 Å². The van der Waals surface area contributed by atoms with Crippen LogP contribution >= 0.6 is 0 Å². The molecule has 1 aliphatic heterocycles. The molecule has 1 fully saturated rings. The van der Waals surface area contributed by atoms with E-state index in [2.05, 4.69) is 25.7 Å². The highest BCUT2D eigenvalue weighted by Gasteiger charge is 2.25. The number of hydrogen-bond acceptors (Lipinski definition) is 1. The van der Waals surface area contributed by atoms with E-state index in [-0.39, 0.29) is 0 Å². The van der Waals surface area contributed by atoms with E-state index < -0.39 is 6.17 Å². The van der Waals surface area contributed by atoms with Crippen molar-refractivity contribution in [3.8, 4) is 0 Å². The topological polar surface area (TPSA) is 3.24 Å². The van der Waals surface area contributed by atoms with Gasteiger partial charge in [-0.15, -0.1) is 0 Å². The third-order valence-electron chi connectivity index (χ3n) is 1.91. The lowest BCUT2D eigenvalue weighted by Crippen LogP contribution is -2.30. The lowest BCUT2D eigenvalue weighted by molar-refractivity contribution is 0.211. The van der Waals surface area contributed by atoms with Crippen molar-refractivity contribution in [2.24, 2.45) is 5.41 Å². The summed E-state index contributed by atoms with van der Waals surface area (Å²) in [4.78, 5) is 2.21. The van der Waals surface area contributed by atoms with E-state index in [0.29, 0.717) is 12.0 Å². The van der Waals surface area contributed by atoms with Crippen molar-refractivity contribution >= 4 is 0 Å². The van der Waals surface area contributed by atoms with Crippen molar-refractivity contribution < 1.29 is 4.39 Å². The van der Waals surface area contributed by atoms with Crippen molar-refractivity contribution in [1.82, 2.24) is 4.90 Å². The zero-order valence-corrected chi connectivity index (χ0v) is 7.73. The molecule has 11 heavy (non-hydrogen) atoms. The molecule has 1 heterocycles. The summed E-state index contributed by atoms with van der Waals surface area (Å²) < 4.78 is 12.7. The predicted molar refractivity (Wildman–Crippen MR) is 45.4 cm³/mol. The summed E-state index contributed by atoms with van der Waals surface area (Å²) in [6.45, 7) is 9.19. The van der Waals surface area contributed by atoms with E-state index in [4.69, 9.17) is 0 Å². The fourth-order valence-corrected chi connectivity index (χ4v) is 1.60. The average molecular weight is 159 g/mol. The number of nitrogens with zero attached hydrogens (tertiary/aromatic N) is 1. The van der Waals surface area contributed by atoms with Gasteiger partial charge in [-0.25, -0.2) is 4.39 Å². The highest BCUT2D eigenvalue weighted by atomic mass is 19.1.